The largest absolute Gasteiger partial charge is 0.497 e. The Bertz CT molecular complexity index is 1800. The molecule has 4 aromatic carbocycles. The van der Waals surface area contributed by atoms with Crippen LogP contribution in [-0.2, 0) is 21.6 Å². The van der Waals surface area contributed by atoms with Crippen molar-refractivity contribution in [2.45, 2.75) is 37.6 Å². The molecule has 0 amide bonds. The van der Waals surface area contributed by atoms with Gasteiger partial charge in [-0.3, -0.25) is 9.69 Å². The van der Waals surface area contributed by atoms with E-state index in [4.69, 9.17) is 9.47 Å². The summed E-state index contributed by atoms with van der Waals surface area (Å²) in [5.41, 5.74) is 5.40. The minimum absolute atomic E-state index is 0.0403. The molecule has 1 aliphatic rings. The lowest BCUT2D eigenvalue weighted by molar-refractivity contribution is -0.109. The third-order valence-corrected chi connectivity index (χ3v) is 10.0. The van der Waals surface area contributed by atoms with Gasteiger partial charge in [-0.1, -0.05) is 120 Å². The molecule has 1 saturated heterocycles. The van der Waals surface area contributed by atoms with E-state index in [0.717, 1.165) is 46.5 Å². The summed E-state index contributed by atoms with van der Waals surface area (Å²) in [6.45, 7) is 5.18. The average molecular weight is 673 g/mol. The molecule has 1 aromatic heterocycles. The Kier molecular flexibility index (Phi) is 10.7. The summed E-state index contributed by atoms with van der Waals surface area (Å²) in [4.78, 5) is 28.5. The topological polar surface area (TPSA) is 86.5 Å². The summed E-state index contributed by atoms with van der Waals surface area (Å²) < 4.78 is 12.4. The van der Waals surface area contributed by atoms with Gasteiger partial charge in [0.25, 0.3) is 0 Å². The number of hydrogen-bond donors (Lipinski definition) is 0. The Hall–Kier alpha value is -4.99. The van der Waals surface area contributed by atoms with Crippen molar-refractivity contribution in [1.82, 2.24) is 19.9 Å². The number of nitrogens with zero attached hydrogens (tertiary/aromatic N) is 4. The fourth-order valence-corrected chi connectivity index (χ4v) is 7.65. The highest BCUT2D eigenvalue weighted by Gasteiger charge is 2.44. The predicted octanol–water partition coefficient (Wildman–Crippen LogP) is 7.24. The Morgan fingerprint density at radius 3 is 1.96 bits per heavy atom. The van der Waals surface area contributed by atoms with Gasteiger partial charge in [0, 0.05) is 25.3 Å². The lowest BCUT2D eigenvalue weighted by atomic mass is 9.74. The van der Waals surface area contributed by atoms with Crippen LogP contribution in [0, 0.1) is 0 Å². The third-order valence-electron chi connectivity index (χ3n) is 8.85. The summed E-state index contributed by atoms with van der Waals surface area (Å²) in [5, 5.41) is 8.88. The molecule has 5 aromatic rings. The molecule has 0 saturated carbocycles. The number of carbonyl (C=O) groups excluding carboxylic acids is 2. The first-order valence-electron chi connectivity index (χ1n) is 16.5. The van der Waals surface area contributed by atoms with E-state index in [0.29, 0.717) is 18.8 Å². The number of piperidine rings is 1. The summed E-state index contributed by atoms with van der Waals surface area (Å²) in [6.07, 6.45) is 2.67. The zero-order chi connectivity index (χ0) is 34.2. The van der Waals surface area contributed by atoms with Crippen molar-refractivity contribution >= 4 is 28.9 Å². The molecule has 1 fully saturated rings. The fourth-order valence-electron chi connectivity index (χ4n) is 6.73. The molecule has 0 aliphatic carbocycles. The van der Waals surface area contributed by atoms with Gasteiger partial charge in [-0.25, -0.2) is 9.48 Å². The normalized spacial score (nSPS) is 16.0. The maximum atomic E-state index is 13.5. The number of rotatable bonds is 11. The molecule has 1 aliphatic heterocycles. The van der Waals surface area contributed by atoms with Crippen molar-refractivity contribution in [1.29, 1.82) is 0 Å². The van der Waals surface area contributed by atoms with E-state index in [2.05, 4.69) is 88.0 Å². The molecule has 1 unspecified atom stereocenters. The maximum absolute atomic E-state index is 13.5. The monoisotopic (exact) mass is 672 g/mol. The summed E-state index contributed by atoms with van der Waals surface area (Å²) >= 11 is 1.32. The van der Waals surface area contributed by atoms with Crippen LogP contribution in [0.1, 0.15) is 58.7 Å². The van der Waals surface area contributed by atoms with Crippen LogP contribution in [0.4, 0.5) is 0 Å². The van der Waals surface area contributed by atoms with Crippen LogP contribution in [0.3, 0.4) is 0 Å². The van der Waals surface area contributed by atoms with Crippen molar-refractivity contribution in [3.63, 3.8) is 0 Å². The number of hydrogen-bond acceptors (Lipinski definition) is 8. The molecule has 2 heterocycles. The zero-order valence-corrected chi connectivity index (χ0v) is 28.8. The molecule has 0 N–H and O–H groups in total. The molecule has 6 rings (SSSR count). The Labute approximate surface area is 291 Å². The predicted molar refractivity (Wildman–Crippen MR) is 194 cm³/mol. The molecule has 9 heteroatoms. The SMILES string of the molecule is CCOC(=O)c1c(/C=C2/CN(C(c3ccccc3)(c3ccccc3)c3ccccc3)CCC2SC(C)=O)nnn1Cc1ccc(OC)cc1. The van der Waals surface area contributed by atoms with Crippen molar-refractivity contribution in [3.05, 3.63) is 154 Å². The van der Waals surface area contributed by atoms with E-state index >= 15 is 0 Å². The first kappa shape index (κ1) is 33.9. The zero-order valence-electron chi connectivity index (χ0n) is 28.0. The molecular weight excluding hydrogens is 633 g/mol. The molecule has 0 bridgehead atoms. The van der Waals surface area contributed by atoms with Crippen molar-refractivity contribution in [2.75, 3.05) is 26.8 Å². The number of ether oxygens (including phenoxy) is 2. The van der Waals surface area contributed by atoms with Gasteiger partial charge in [-0.15, -0.1) is 5.10 Å². The van der Waals surface area contributed by atoms with Crippen LogP contribution in [0.15, 0.2) is 121 Å². The van der Waals surface area contributed by atoms with Gasteiger partial charge in [0.05, 0.1) is 25.8 Å². The van der Waals surface area contributed by atoms with E-state index in [-0.39, 0.29) is 22.7 Å². The van der Waals surface area contributed by atoms with E-state index in [1.807, 2.05) is 48.5 Å². The average Bonchev–Trinajstić information content (AvgIpc) is 3.53. The van der Waals surface area contributed by atoms with Gasteiger partial charge in [0.15, 0.2) is 10.8 Å². The molecule has 49 heavy (non-hydrogen) atoms. The van der Waals surface area contributed by atoms with E-state index in [9.17, 15) is 9.59 Å². The molecule has 0 radical (unpaired) electrons. The highest BCUT2D eigenvalue weighted by Crippen LogP contribution is 2.45. The number of thioether (sulfide) groups is 1. The quantitative estimate of drug-likeness (QED) is 0.107. The molecule has 250 valence electrons. The number of benzene rings is 4. The van der Waals surface area contributed by atoms with Crippen LogP contribution in [0.25, 0.3) is 6.08 Å². The number of esters is 1. The number of carbonyl (C=O) groups is 2. The minimum Gasteiger partial charge on any atom is -0.497 e. The summed E-state index contributed by atoms with van der Waals surface area (Å²) in [6, 6.07) is 39.3. The second-order valence-corrected chi connectivity index (χ2v) is 13.3. The van der Waals surface area contributed by atoms with Crippen LogP contribution in [-0.4, -0.2) is 63.0 Å². The molecular formula is C40H40N4O4S. The van der Waals surface area contributed by atoms with Gasteiger partial charge >= 0.3 is 5.97 Å². The van der Waals surface area contributed by atoms with Crippen LogP contribution < -0.4 is 4.74 Å². The Morgan fingerprint density at radius 2 is 1.45 bits per heavy atom. The van der Waals surface area contributed by atoms with Crippen molar-refractivity contribution < 1.29 is 19.1 Å². The summed E-state index contributed by atoms with van der Waals surface area (Å²) in [7, 11) is 1.62. The fraction of sp³-hybridized carbons (Fsp3) is 0.250. The first-order valence-corrected chi connectivity index (χ1v) is 17.3. The lowest BCUT2D eigenvalue weighted by Gasteiger charge is -2.49. The third kappa shape index (κ3) is 7.23. The smallest absolute Gasteiger partial charge is 0.358 e. The van der Waals surface area contributed by atoms with Crippen molar-refractivity contribution in [3.8, 4) is 5.75 Å². The van der Waals surface area contributed by atoms with Crippen LogP contribution in [0.5, 0.6) is 5.75 Å². The van der Waals surface area contributed by atoms with Gasteiger partial charge in [-0.2, -0.15) is 0 Å². The second kappa shape index (κ2) is 15.5. The van der Waals surface area contributed by atoms with Gasteiger partial charge in [0.2, 0.25) is 0 Å². The first-order chi connectivity index (χ1) is 23.9. The maximum Gasteiger partial charge on any atom is 0.358 e. The van der Waals surface area contributed by atoms with E-state index < -0.39 is 11.5 Å². The molecule has 0 spiro atoms. The number of likely N-dealkylation sites (tertiary alicyclic amines) is 1. The molecule has 1 atom stereocenters. The molecule has 8 nitrogen and oxygen atoms in total. The van der Waals surface area contributed by atoms with E-state index in [1.54, 1.807) is 25.6 Å². The minimum atomic E-state index is -0.634. The van der Waals surface area contributed by atoms with Gasteiger partial charge in [0.1, 0.15) is 11.4 Å². The van der Waals surface area contributed by atoms with Crippen LogP contribution in [0.2, 0.25) is 0 Å². The Balaban J connectivity index is 1.48. The van der Waals surface area contributed by atoms with Gasteiger partial charge in [-0.05, 0) is 59.4 Å². The number of methoxy groups -OCH3 is 1. The standard InChI is InChI=1S/C40H40N4O4S/c1-4-48-39(46)38-36(41-42-44(38)27-30-20-22-35(47-3)23-21-30)26-31-28-43(25-24-37(31)49-29(2)45)40(32-14-8-5-9-15-32,33-16-10-6-11-17-33)34-18-12-7-13-19-34/h5-23,26,37H,4,24-25,27-28H2,1-3H3/b31-26-. The lowest BCUT2D eigenvalue weighted by Crippen LogP contribution is -2.52. The summed E-state index contributed by atoms with van der Waals surface area (Å²) in [5.74, 6) is 0.246. The highest BCUT2D eigenvalue weighted by atomic mass is 32.2. The number of aromatic nitrogens is 3. The van der Waals surface area contributed by atoms with Crippen LogP contribution >= 0.6 is 11.8 Å². The van der Waals surface area contributed by atoms with E-state index in [1.165, 1.54) is 11.8 Å². The van der Waals surface area contributed by atoms with Crippen molar-refractivity contribution in [2.24, 2.45) is 0 Å². The highest BCUT2D eigenvalue weighted by molar-refractivity contribution is 8.14. The Morgan fingerprint density at radius 1 is 0.878 bits per heavy atom. The second-order valence-electron chi connectivity index (χ2n) is 11.9. The van der Waals surface area contributed by atoms with Gasteiger partial charge < -0.3 is 9.47 Å².